The molecule has 2 amide bonds. The number of carboxylic acid groups (broad SMARTS) is 1. The second kappa shape index (κ2) is 7.24. The number of rotatable bonds is 7. The van der Waals surface area contributed by atoms with Crippen molar-refractivity contribution >= 4 is 12.0 Å². The lowest BCUT2D eigenvalue weighted by molar-refractivity contribution is -0.144. The van der Waals surface area contributed by atoms with Gasteiger partial charge in [0.15, 0.2) is 0 Å². The van der Waals surface area contributed by atoms with E-state index >= 15 is 0 Å². The van der Waals surface area contributed by atoms with Crippen LogP contribution in [0.4, 0.5) is 4.79 Å². The summed E-state index contributed by atoms with van der Waals surface area (Å²) in [6, 6.07) is -0.318. The zero-order valence-corrected chi connectivity index (χ0v) is 12.1. The van der Waals surface area contributed by atoms with Crippen molar-refractivity contribution < 1.29 is 14.7 Å². The molecule has 2 N–H and O–H groups in total. The van der Waals surface area contributed by atoms with Crippen LogP contribution in [0, 0.1) is 5.92 Å². The van der Waals surface area contributed by atoms with Gasteiger partial charge in [-0.15, -0.1) is 0 Å². The maximum absolute atomic E-state index is 12.0. The highest BCUT2D eigenvalue weighted by Gasteiger charge is 2.37. The zero-order valence-electron chi connectivity index (χ0n) is 12.1. The van der Waals surface area contributed by atoms with E-state index in [2.05, 4.69) is 19.2 Å². The van der Waals surface area contributed by atoms with Crippen molar-refractivity contribution in [2.45, 2.75) is 52.5 Å². The van der Waals surface area contributed by atoms with Crippen molar-refractivity contribution in [3.8, 4) is 0 Å². The molecule has 0 bridgehead atoms. The number of amides is 2. The summed E-state index contributed by atoms with van der Waals surface area (Å²) in [5.74, 6) is -0.568. The number of hydrogen-bond donors (Lipinski definition) is 2. The Kier molecular flexibility index (Phi) is 6.73. The highest BCUT2D eigenvalue weighted by Crippen LogP contribution is 2.16. The summed E-state index contributed by atoms with van der Waals surface area (Å²) in [7, 11) is 1.69. The Labute approximate surface area is 110 Å². The van der Waals surface area contributed by atoms with Crippen LogP contribution < -0.4 is 5.32 Å². The summed E-state index contributed by atoms with van der Waals surface area (Å²) >= 11 is 0. The molecule has 0 aromatic rings. The highest BCUT2D eigenvalue weighted by atomic mass is 16.4. The minimum absolute atomic E-state index is 0.318. The maximum atomic E-state index is 12.0. The number of carboxylic acids is 1. The third-order valence-electron chi connectivity index (χ3n) is 3.59. The van der Waals surface area contributed by atoms with Crippen molar-refractivity contribution in [2.75, 3.05) is 13.6 Å². The molecule has 18 heavy (non-hydrogen) atoms. The predicted octanol–water partition coefficient (Wildman–Crippen LogP) is 2.32. The van der Waals surface area contributed by atoms with E-state index in [9.17, 15) is 14.7 Å². The molecule has 1 unspecified atom stereocenters. The molecule has 0 aliphatic rings. The third-order valence-corrected chi connectivity index (χ3v) is 3.59. The van der Waals surface area contributed by atoms with E-state index in [-0.39, 0.29) is 6.03 Å². The van der Waals surface area contributed by atoms with Crippen LogP contribution >= 0.6 is 0 Å². The van der Waals surface area contributed by atoms with Crippen LogP contribution in [0.25, 0.3) is 0 Å². The minimum Gasteiger partial charge on any atom is -0.480 e. The van der Waals surface area contributed by atoms with Gasteiger partial charge in [0.2, 0.25) is 0 Å². The zero-order chi connectivity index (χ0) is 14.3. The van der Waals surface area contributed by atoms with Gasteiger partial charge >= 0.3 is 12.0 Å². The SMILES string of the molecule is CCC(C)CN(C)C(=O)NC(CC)(CC)C(=O)O. The molecule has 0 aromatic heterocycles. The van der Waals surface area contributed by atoms with Gasteiger partial charge < -0.3 is 15.3 Å². The number of carbonyl (C=O) groups is 2. The Morgan fingerprint density at radius 1 is 1.28 bits per heavy atom. The normalized spacial score (nSPS) is 12.9. The van der Waals surface area contributed by atoms with Gasteiger partial charge in [0.25, 0.3) is 0 Å². The van der Waals surface area contributed by atoms with E-state index in [1.807, 2.05) is 0 Å². The quantitative estimate of drug-likeness (QED) is 0.736. The Hall–Kier alpha value is -1.26. The predicted molar refractivity (Wildman–Crippen MR) is 71.6 cm³/mol. The van der Waals surface area contributed by atoms with E-state index in [1.54, 1.807) is 25.8 Å². The molecule has 0 fully saturated rings. The average Bonchev–Trinajstić information content (AvgIpc) is 2.34. The number of aliphatic carboxylic acids is 1. The fourth-order valence-electron chi connectivity index (χ4n) is 1.76. The van der Waals surface area contributed by atoms with Crippen LogP contribution in [-0.2, 0) is 4.79 Å². The fraction of sp³-hybridized carbons (Fsp3) is 0.846. The molecular weight excluding hydrogens is 232 g/mol. The van der Waals surface area contributed by atoms with Gasteiger partial charge in [-0.25, -0.2) is 9.59 Å². The Morgan fingerprint density at radius 3 is 2.11 bits per heavy atom. The fourth-order valence-corrected chi connectivity index (χ4v) is 1.76. The van der Waals surface area contributed by atoms with Gasteiger partial charge in [0.05, 0.1) is 0 Å². The van der Waals surface area contributed by atoms with Crippen LogP contribution in [0.5, 0.6) is 0 Å². The number of carbonyl (C=O) groups excluding carboxylic acids is 1. The molecule has 0 rings (SSSR count). The first-order chi connectivity index (χ1) is 8.32. The molecule has 0 saturated heterocycles. The van der Waals surface area contributed by atoms with Gasteiger partial charge in [-0.05, 0) is 18.8 Å². The summed E-state index contributed by atoms with van der Waals surface area (Å²) in [4.78, 5) is 24.8. The molecule has 0 aliphatic carbocycles. The van der Waals surface area contributed by atoms with Crippen LogP contribution in [-0.4, -0.2) is 41.1 Å². The van der Waals surface area contributed by atoms with Crippen LogP contribution in [0.3, 0.4) is 0 Å². The summed E-state index contributed by atoms with van der Waals surface area (Å²) in [6.45, 7) is 8.30. The summed E-state index contributed by atoms with van der Waals surface area (Å²) < 4.78 is 0. The van der Waals surface area contributed by atoms with Crippen molar-refractivity contribution in [3.05, 3.63) is 0 Å². The van der Waals surface area contributed by atoms with E-state index in [0.29, 0.717) is 25.3 Å². The lowest BCUT2D eigenvalue weighted by Crippen LogP contribution is -2.57. The van der Waals surface area contributed by atoms with E-state index in [1.165, 1.54) is 0 Å². The van der Waals surface area contributed by atoms with Crippen molar-refractivity contribution in [3.63, 3.8) is 0 Å². The number of nitrogens with zero attached hydrogens (tertiary/aromatic N) is 1. The molecule has 0 spiro atoms. The van der Waals surface area contributed by atoms with Gasteiger partial charge in [0, 0.05) is 13.6 Å². The summed E-state index contributed by atoms with van der Waals surface area (Å²) in [5, 5.41) is 11.9. The standard InChI is InChI=1S/C13H26N2O3/c1-6-10(4)9-15(5)12(18)14-13(7-2,8-3)11(16)17/h10H,6-9H2,1-5H3,(H,14,18)(H,16,17). The van der Waals surface area contributed by atoms with Crippen LogP contribution in [0.2, 0.25) is 0 Å². The van der Waals surface area contributed by atoms with Gasteiger partial charge in [-0.3, -0.25) is 0 Å². The molecule has 0 aromatic carbocycles. The third kappa shape index (κ3) is 4.20. The minimum atomic E-state index is -1.15. The summed E-state index contributed by atoms with van der Waals surface area (Å²) in [6.07, 6.45) is 1.74. The molecule has 1 atom stereocenters. The van der Waals surface area contributed by atoms with Crippen molar-refractivity contribution in [1.82, 2.24) is 10.2 Å². The lowest BCUT2D eigenvalue weighted by atomic mass is 9.93. The molecule has 5 heteroatoms. The van der Waals surface area contributed by atoms with E-state index in [4.69, 9.17) is 0 Å². The molecular formula is C13H26N2O3. The molecule has 0 radical (unpaired) electrons. The van der Waals surface area contributed by atoms with E-state index in [0.717, 1.165) is 6.42 Å². The van der Waals surface area contributed by atoms with Gasteiger partial charge in [-0.2, -0.15) is 0 Å². The first-order valence-corrected chi connectivity index (χ1v) is 6.59. The number of urea groups is 1. The molecule has 0 aliphatic heterocycles. The highest BCUT2D eigenvalue weighted by molar-refractivity contribution is 5.86. The Morgan fingerprint density at radius 2 is 1.78 bits per heavy atom. The second-order valence-corrected chi connectivity index (χ2v) is 4.92. The topological polar surface area (TPSA) is 69.6 Å². The Balaban J connectivity index is 4.65. The maximum Gasteiger partial charge on any atom is 0.329 e. The average molecular weight is 258 g/mol. The monoisotopic (exact) mass is 258 g/mol. The largest absolute Gasteiger partial charge is 0.480 e. The van der Waals surface area contributed by atoms with E-state index < -0.39 is 11.5 Å². The van der Waals surface area contributed by atoms with Gasteiger partial charge in [0.1, 0.15) is 5.54 Å². The Bertz CT molecular complexity index is 288. The molecule has 0 saturated carbocycles. The van der Waals surface area contributed by atoms with Crippen molar-refractivity contribution in [2.24, 2.45) is 5.92 Å². The number of hydrogen-bond acceptors (Lipinski definition) is 2. The first kappa shape index (κ1) is 16.7. The van der Waals surface area contributed by atoms with Crippen molar-refractivity contribution in [1.29, 1.82) is 0 Å². The lowest BCUT2D eigenvalue weighted by Gasteiger charge is -2.31. The molecule has 5 nitrogen and oxygen atoms in total. The van der Waals surface area contributed by atoms with Crippen LogP contribution in [0.1, 0.15) is 47.0 Å². The molecule has 106 valence electrons. The second-order valence-electron chi connectivity index (χ2n) is 4.92. The summed E-state index contributed by atoms with van der Waals surface area (Å²) in [5.41, 5.74) is -1.15. The molecule has 0 heterocycles. The smallest absolute Gasteiger partial charge is 0.329 e. The van der Waals surface area contributed by atoms with Gasteiger partial charge in [-0.1, -0.05) is 34.1 Å². The number of nitrogens with one attached hydrogen (secondary N) is 1. The first-order valence-electron chi connectivity index (χ1n) is 6.59. The van der Waals surface area contributed by atoms with Crippen LogP contribution in [0.15, 0.2) is 0 Å².